The fourth-order valence-electron chi connectivity index (χ4n) is 2.93. The number of likely N-dealkylation sites (N-methyl/N-ethyl adjacent to an activating group) is 1. The van der Waals surface area contributed by atoms with Crippen LogP contribution in [0.25, 0.3) is 0 Å². The lowest BCUT2D eigenvalue weighted by Crippen LogP contribution is -2.53. The first-order chi connectivity index (χ1) is 10.9. The van der Waals surface area contributed by atoms with Crippen LogP contribution < -0.4 is 10.6 Å². The summed E-state index contributed by atoms with van der Waals surface area (Å²) in [6.07, 6.45) is 0.957. The van der Waals surface area contributed by atoms with Crippen LogP contribution >= 0.6 is 12.4 Å². The number of benzene rings is 1. The van der Waals surface area contributed by atoms with Crippen LogP contribution in [-0.4, -0.2) is 48.9 Å². The summed E-state index contributed by atoms with van der Waals surface area (Å²) in [5.74, 6) is -0.170. The van der Waals surface area contributed by atoms with Gasteiger partial charge in [0.25, 0.3) is 5.91 Å². The van der Waals surface area contributed by atoms with Crippen molar-refractivity contribution in [2.45, 2.75) is 39.3 Å². The van der Waals surface area contributed by atoms with Crippen LogP contribution in [-0.2, 0) is 4.79 Å². The predicted octanol–water partition coefficient (Wildman–Crippen LogP) is 1.99. The first-order valence-electron chi connectivity index (χ1n) is 8.25. The molecule has 0 spiro atoms. The molecule has 0 bridgehead atoms. The number of halogens is 1. The van der Waals surface area contributed by atoms with E-state index in [9.17, 15) is 9.59 Å². The predicted molar refractivity (Wildman–Crippen MR) is 98.6 cm³/mol. The number of nitrogens with one attached hydrogen (secondary N) is 2. The maximum atomic E-state index is 12.8. The zero-order chi connectivity index (χ0) is 17.0. The highest BCUT2D eigenvalue weighted by Crippen LogP contribution is 2.14. The summed E-state index contributed by atoms with van der Waals surface area (Å²) in [6, 6.07) is 7.13. The van der Waals surface area contributed by atoms with E-state index >= 15 is 0 Å². The van der Waals surface area contributed by atoms with Crippen LogP contribution in [0.2, 0.25) is 0 Å². The van der Waals surface area contributed by atoms with Crippen LogP contribution in [0.1, 0.15) is 36.2 Å². The number of aryl methyl sites for hydroxylation is 1. The Hall–Kier alpha value is -1.59. The molecule has 1 aromatic rings. The molecule has 24 heavy (non-hydrogen) atoms. The van der Waals surface area contributed by atoms with Crippen molar-refractivity contribution in [2.75, 3.05) is 20.1 Å². The summed E-state index contributed by atoms with van der Waals surface area (Å²) in [5.41, 5.74) is 1.53. The van der Waals surface area contributed by atoms with Crippen LogP contribution in [0.3, 0.4) is 0 Å². The first-order valence-corrected chi connectivity index (χ1v) is 8.25. The maximum absolute atomic E-state index is 12.8. The van der Waals surface area contributed by atoms with Crippen LogP contribution in [0.5, 0.6) is 0 Å². The molecule has 2 N–H and O–H groups in total. The van der Waals surface area contributed by atoms with E-state index in [0.717, 1.165) is 25.1 Å². The fourth-order valence-corrected chi connectivity index (χ4v) is 2.93. The molecule has 2 rings (SSSR count). The molecular formula is C18H28ClN3O2. The van der Waals surface area contributed by atoms with Gasteiger partial charge < -0.3 is 15.5 Å². The van der Waals surface area contributed by atoms with E-state index < -0.39 is 6.04 Å². The van der Waals surface area contributed by atoms with Crippen molar-refractivity contribution >= 4 is 24.2 Å². The Bertz CT molecular complexity index is 571. The van der Waals surface area contributed by atoms with E-state index in [1.807, 2.05) is 46.0 Å². The molecule has 2 atom stereocenters. The van der Waals surface area contributed by atoms with Crippen LogP contribution in [0.4, 0.5) is 0 Å². The van der Waals surface area contributed by atoms with Crippen LogP contribution in [0, 0.1) is 12.8 Å². The lowest BCUT2D eigenvalue weighted by molar-refractivity contribution is -0.134. The summed E-state index contributed by atoms with van der Waals surface area (Å²) >= 11 is 0. The molecule has 5 nitrogen and oxygen atoms in total. The molecular weight excluding hydrogens is 326 g/mol. The topological polar surface area (TPSA) is 61.4 Å². The molecule has 0 saturated carbocycles. The Kier molecular flexibility index (Phi) is 7.70. The van der Waals surface area contributed by atoms with Gasteiger partial charge in [0.1, 0.15) is 6.04 Å². The molecule has 1 heterocycles. The Balaban J connectivity index is 0.00000288. The number of nitrogens with zero attached hydrogens (tertiary/aromatic N) is 1. The van der Waals surface area contributed by atoms with Gasteiger partial charge >= 0.3 is 0 Å². The molecule has 0 aliphatic carbocycles. The van der Waals surface area contributed by atoms with Gasteiger partial charge in [0.15, 0.2) is 0 Å². The van der Waals surface area contributed by atoms with Crippen LogP contribution in [0.15, 0.2) is 24.3 Å². The van der Waals surface area contributed by atoms with Gasteiger partial charge in [-0.3, -0.25) is 9.59 Å². The molecule has 1 saturated heterocycles. The normalized spacial score (nSPS) is 18.0. The molecule has 1 aromatic carbocycles. The lowest BCUT2D eigenvalue weighted by Gasteiger charge is -2.30. The molecule has 0 radical (unpaired) electrons. The quantitative estimate of drug-likeness (QED) is 0.851. The Morgan fingerprint density at radius 1 is 1.29 bits per heavy atom. The third-order valence-corrected chi connectivity index (χ3v) is 4.54. The summed E-state index contributed by atoms with van der Waals surface area (Å²) in [5, 5.41) is 6.20. The number of carbonyl (C=O) groups excluding carboxylic acids is 2. The van der Waals surface area contributed by atoms with Crippen molar-refractivity contribution in [2.24, 2.45) is 5.92 Å². The van der Waals surface area contributed by atoms with Gasteiger partial charge in [-0.1, -0.05) is 32.0 Å². The average Bonchev–Trinajstić information content (AvgIpc) is 3.05. The van der Waals surface area contributed by atoms with E-state index in [2.05, 4.69) is 10.6 Å². The van der Waals surface area contributed by atoms with Gasteiger partial charge in [-0.15, -0.1) is 12.4 Å². The molecule has 134 valence electrons. The van der Waals surface area contributed by atoms with E-state index in [1.54, 1.807) is 11.0 Å². The molecule has 0 aromatic heterocycles. The Morgan fingerprint density at radius 2 is 1.96 bits per heavy atom. The smallest absolute Gasteiger partial charge is 0.252 e. The average molecular weight is 354 g/mol. The molecule has 1 fully saturated rings. The van der Waals surface area contributed by atoms with Crippen molar-refractivity contribution in [3.8, 4) is 0 Å². The number of hydrogen-bond donors (Lipinski definition) is 2. The SMILES string of the molecule is Cc1ccccc1C(=O)NC(C(=O)N(C)C1CCNC1)C(C)C.Cl. The zero-order valence-corrected chi connectivity index (χ0v) is 15.7. The largest absolute Gasteiger partial charge is 0.340 e. The summed E-state index contributed by atoms with van der Waals surface area (Å²) in [7, 11) is 1.83. The minimum absolute atomic E-state index is 0. The Labute approximate surface area is 150 Å². The number of hydrogen-bond acceptors (Lipinski definition) is 3. The number of amides is 2. The molecule has 2 unspecified atom stereocenters. The second kappa shape index (κ2) is 9.04. The Morgan fingerprint density at radius 3 is 2.50 bits per heavy atom. The highest BCUT2D eigenvalue weighted by atomic mass is 35.5. The fraction of sp³-hybridized carbons (Fsp3) is 0.556. The monoisotopic (exact) mass is 353 g/mol. The van der Waals surface area contributed by atoms with Gasteiger partial charge in [-0.05, 0) is 37.4 Å². The van der Waals surface area contributed by atoms with Crippen molar-refractivity contribution in [3.05, 3.63) is 35.4 Å². The molecule has 1 aliphatic heterocycles. The maximum Gasteiger partial charge on any atom is 0.252 e. The number of rotatable bonds is 5. The van der Waals surface area contributed by atoms with E-state index in [0.29, 0.717) is 5.56 Å². The molecule has 2 amide bonds. The van der Waals surface area contributed by atoms with E-state index in [-0.39, 0.29) is 36.2 Å². The highest BCUT2D eigenvalue weighted by Gasteiger charge is 2.31. The second-order valence-corrected chi connectivity index (χ2v) is 6.61. The van der Waals surface area contributed by atoms with Gasteiger partial charge in [0.05, 0.1) is 0 Å². The van der Waals surface area contributed by atoms with Gasteiger partial charge in [0, 0.05) is 25.2 Å². The third-order valence-electron chi connectivity index (χ3n) is 4.54. The second-order valence-electron chi connectivity index (χ2n) is 6.61. The van der Waals surface area contributed by atoms with Gasteiger partial charge in [0.2, 0.25) is 5.91 Å². The van der Waals surface area contributed by atoms with Crippen molar-refractivity contribution < 1.29 is 9.59 Å². The summed E-state index contributed by atoms with van der Waals surface area (Å²) in [6.45, 7) is 7.57. The van der Waals surface area contributed by atoms with Gasteiger partial charge in [-0.25, -0.2) is 0 Å². The molecule has 1 aliphatic rings. The van der Waals surface area contributed by atoms with Crippen molar-refractivity contribution in [3.63, 3.8) is 0 Å². The molecule has 6 heteroatoms. The first kappa shape index (κ1) is 20.5. The van der Waals surface area contributed by atoms with E-state index in [1.165, 1.54) is 0 Å². The van der Waals surface area contributed by atoms with Gasteiger partial charge in [-0.2, -0.15) is 0 Å². The van der Waals surface area contributed by atoms with E-state index in [4.69, 9.17) is 0 Å². The summed E-state index contributed by atoms with van der Waals surface area (Å²) < 4.78 is 0. The summed E-state index contributed by atoms with van der Waals surface area (Å²) in [4.78, 5) is 27.1. The standard InChI is InChI=1S/C18H27N3O2.ClH/c1-12(2)16(18(23)21(4)14-9-10-19-11-14)20-17(22)15-8-6-5-7-13(15)3;/h5-8,12,14,16,19H,9-11H2,1-4H3,(H,20,22);1H. The van der Waals surface area contributed by atoms with Crippen molar-refractivity contribution in [1.29, 1.82) is 0 Å². The van der Waals surface area contributed by atoms with Crippen molar-refractivity contribution in [1.82, 2.24) is 15.5 Å². The lowest BCUT2D eigenvalue weighted by atomic mass is 10.0. The number of carbonyl (C=O) groups is 2. The highest BCUT2D eigenvalue weighted by molar-refractivity contribution is 5.98. The minimum Gasteiger partial charge on any atom is -0.340 e. The zero-order valence-electron chi connectivity index (χ0n) is 14.8. The third kappa shape index (κ3) is 4.71. The minimum atomic E-state index is -0.507.